The first-order valence-electron chi connectivity index (χ1n) is 3.13. The van der Waals surface area contributed by atoms with Crippen LogP contribution in [-0.4, -0.2) is 11.8 Å². The highest BCUT2D eigenvalue weighted by Gasteiger charge is 2.63. The second-order valence-corrected chi connectivity index (χ2v) is 2.77. The predicted molar refractivity (Wildman–Crippen MR) is 28.3 cm³/mol. The molecular formula is C6H8F4. The van der Waals surface area contributed by atoms with Crippen molar-refractivity contribution < 1.29 is 17.6 Å². The van der Waals surface area contributed by atoms with Crippen molar-refractivity contribution in [1.82, 2.24) is 0 Å². The SMILES string of the molecule is CC1CCC(F)(F)C1(F)F. The molecule has 0 radical (unpaired) electrons. The molecule has 0 nitrogen and oxygen atoms in total. The number of halogens is 4. The van der Waals surface area contributed by atoms with Gasteiger partial charge in [-0.3, -0.25) is 0 Å². The van der Waals surface area contributed by atoms with Crippen molar-refractivity contribution in [3.8, 4) is 0 Å². The molecule has 0 bridgehead atoms. The number of hydrogen-bond donors (Lipinski definition) is 0. The average Bonchev–Trinajstić information content (AvgIpc) is 1.94. The lowest BCUT2D eigenvalue weighted by Gasteiger charge is -2.21. The summed E-state index contributed by atoms with van der Waals surface area (Å²) in [6, 6.07) is 0. The van der Waals surface area contributed by atoms with Gasteiger partial charge in [0.1, 0.15) is 0 Å². The summed E-state index contributed by atoms with van der Waals surface area (Å²) in [5.41, 5.74) is 0. The average molecular weight is 156 g/mol. The minimum Gasteiger partial charge on any atom is -0.200 e. The molecule has 1 saturated carbocycles. The van der Waals surface area contributed by atoms with E-state index in [1.165, 1.54) is 0 Å². The minimum absolute atomic E-state index is 0.0833. The molecule has 1 fully saturated rings. The molecule has 0 amide bonds. The molecule has 60 valence electrons. The van der Waals surface area contributed by atoms with Crippen molar-refractivity contribution in [2.75, 3.05) is 0 Å². The van der Waals surface area contributed by atoms with E-state index in [2.05, 4.69) is 0 Å². The first kappa shape index (κ1) is 7.82. The van der Waals surface area contributed by atoms with Gasteiger partial charge in [-0.1, -0.05) is 6.92 Å². The van der Waals surface area contributed by atoms with E-state index in [1.54, 1.807) is 0 Å². The highest BCUT2D eigenvalue weighted by Crippen LogP contribution is 2.50. The molecule has 0 aliphatic heterocycles. The zero-order valence-electron chi connectivity index (χ0n) is 5.50. The van der Waals surface area contributed by atoms with Crippen molar-refractivity contribution in [2.45, 2.75) is 31.6 Å². The van der Waals surface area contributed by atoms with Gasteiger partial charge in [0, 0.05) is 12.3 Å². The Balaban J connectivity index is 2.84. The summed E-state index contributed by atoms with van der Waals surface area (Å²) < 4.78 is 49.2. The first-order valence-corrected chi connectivity index (χ1v) is 3.13. The Labute approximate surface area is 56.2 Å². The number of alkyl halides is 4. The van der Waals surface area contributed by atoms with Crippen LogP contribution < -0.4 is 0 Å². The van der Waals surface area contributed by atoms with Gasteiger partial charge in [-0.05, 0) is 6.42 Å². The molecule has 0 heterocycles. The van der Waals surface area contributed by atoms with Crippen LogP contribution in [0.1, 0.15) is 19.8 Å². The van der Waals surface area contributed by atoms with E-state index in [0.29, 0.717) is 0 Å². The van der Waals surface area contributed by atoms with Crippen molar-refractivity contribution in [1.29, 1.82) is 0 Å². The van der Waals surface area contributed by atoms with Crippen LogP contribution in [-0.2, 0) is 0 Å². The third-order valence-electron chi connectivity index (χ3n) is 2.00. The van der Waals surface area contributed by atoms with Gasteiger partial charge in [-0.25, -0.2) is 0 Å². The van der Waals surface area contributed by atoms with Crippen molar-refractivity contribution in [3.05, 3.63) is 0 Å². The second kappa shape index (κ2) is 1.86. The molecular weight excluding hydrogens is 148 g/mol. The molecule has 0 N–H and O–H groups in total. The summed E-state index contributed by atoms with van der Waals surface area (Å²) in [5.74, 6) is -8.73. The Morgan fingerprint density at radius 3 is 1.80 bits per heavy atom. The van der Waals surface area contributed by atoms with Crippen LogP contribution in [0.25, 0.3) is 0 Å². The van der Waals surface area contributed by atoms with Gasteiger partial charge in [0.15, 0.2) is 0 Å². The van der Waals surface area contributed by atoms with E-state index in [1.807, 2.05) is 0 Å². The first-order chi connectivity index (χ1) is 4.38. The van der Waals surface area contributed by atoms with E-state index < -0.39 is 24.2 Å². The number of hydrogen-bond acceptors (Lipinski definition) is 0. The Morgan fingerprint density at radius 2 is 1.70 bits per heavy atom. The van der Waals surface area contributed by atoms with E-state index in [-0.39, 0.29) is 6.42 Å². The van der Waals surface area contributed by atoms with Crippen LogP contribution in [0.4, 0.5) is 17.6 Å². The Hall–Kier alpha value is -0.280. The summed E-state index contributed by atoms with van der Waals surface area (Å²) in [4.78, 5) is 0. The zero-order valence-corrected chi connectivity index (χ0v) is 5.50. The third-order valence-corrected chi connectivity index (χ3v) is 2.00. The summed E-state index contributed by atoms with van der Waals surface area (Å²) >= 11 is 0. The molecule has 0 aromatic rings. The molecule has 1 aliphatic carbocycles. The highest BCUT2D eigenvalue weighted by atomic mass is 19.3. The molecule has 0 spiro atoms. The normalized spacial score (nSPS) is 36.3. The maximum absolute atomic E-state index is 12.4. The summed E-state index contributed by atoms with van der Waals surface area (Å²) in [6.07, 6.45) is -0.763. The fraction of sp³-hybridized carbons (Fsp3) is 1.00. The van der Waals surface area contributed by atoms with Crippen LogP contribution in [0.15, 0.2) is 0 Å². The highest BCUT2D eigenvalue weighted by molar-refractivity contribution is 4.95. The van der Waals surface area contributed by atoms with Gasteiger partial charge in [0.05, 0.1) is 0 Å². The molecule has 0 aromatic carbocycles. The van der Waals surface area contributed by atoms with Crippen molar-refractivity contribution in [3.63, 3.8) is 0 Å². The lowest BCUT2D eigenvalue weighted by atomic mass is 10.1. The Morgan fingerprint density at radius 1 is 1.20 bits per heavy atom. The smallest absolute Gasteiger partial charge is 0.200 e. The van der Waals surface area contributed by atoms with Gasteiger partial charge in [0.25, 0.3) is 0 Å². The van der Waals surface area contributed by atoms with E-state index in [4.69, 9.17) is 0 Å². The Kier molecular flexibility index (Phi) is 1.45. The van der Waals surface area contributed by atoms with Crippen LogP contribution >= 0.6 is 0 Å². The zero-order chi connectivity index (χ0) is 7.99. The van der Waals surface area contributed by atoms with Gasteiger partial charge < -0.3 is 0 Å². The monoisotopic (exact) mass is 156 g/mol. The quantitative estimate of drug-likeness (QED) is 0.473. The van der Waals surface area contributed by atoms with Crippen LogP contribution in [0.5, 0.6) is 0 Å². The van der Waals surface area contributed by atoms with Crippen LogP contribution in [0, 0.1) is 5.92 Å². The van der Waals surface area contributed by atoms with Gasteiger partial charge >= 0.3 is 11.8 Å². The number of rotatable bonds is 0. The molecule has 10 heavy (non-hydrogen) atoms. The minimum atomic E-state index is -3.78. The molecule has 1 unspecified atom stereocenters. The van der Waals surface area contributed by atoms with E-state index >= 15 is 0 Å². The predicted octanol–water partition coefficient (Wildman–Crippen LogP) is 2.69. The second-order valence-electron chi connectivity index (χ2n) is 2.77. The topological polar surface area (TPSA) is 0 Å². The summed E-state index contributed by atoms with van der Waals surface area (Å²) in [6.45, 7) is 1.15. The maximum Gasteiger partial charge on any atom is 0.312 e. The largest absolute Gasteiger partial charge is 0.312 e. The van der Waals surface area contributed by atoms with Gasteiger partial charge in [-0.15, -0.1) is 0 Å². The molecule has 1 atom stereocenters. The Bertz CT molecular complexity index is 141. The van der Waals surface area contributed by atoms with E-state index in [9.17, 15) is 17.6 Å². The molecule has 1 aliphatic rings. The molecule has 1 rings (SSSR count). The van der Waals surface area contributed by atoms with Crippen molar-refractivity contribution >= 4 is 0 Å². The lowest BCUT2D eigenvalue weighted by Crippen LogP contribution is -2.38. The third kappa shape index (κ3) is 0.812. The summed E-state index contributed by atoms with van der Waals surface area (Å²) in [7, 11) is 0. The maximum atomic E-state index is 12.4. The standard InChI is InChI=1S/C6H8F4/c1-4-2-3-5(7,8)6(4,9)10/h4H,2-3H2,1H3. The van der Waals surface area contributed by atoms with Gasteiger partial charge in [0.2, 0.25) is 0 Å². The lowest BCUT2D eigenvalue weighted by molar-refractivity contribution is -0.202. The molecule has 4 heteroatoms. The molecule has 0 saturated heterocycles. The van der Waals surface area contributed by atoms with Crippen molar-refractivity contribution in [2.24, 2.45) is 5.92 Å². The van der Waals surface area contributed by atoms with Gasteiger partial charge in [-0.2, -0.15) is 17.6 Å². The van der Waals surface area contributed by atoms with Crippen LogP contribution in [0.2, 0.25) is 0 Å². The fourth-order valence-corrected chi connectivity index (χ4v) is 1.11. The fourth-order valence-electron chi connectivity index (χ4n) is 1.11. The summed E-state index contributed by atoms with van der Waals surface area (Å²) in [5, 5.41) is 0. The van der Waals surface area contributed by atoms with E-state index in [0.717, 1.165) is 6.92 Å². The van der Waals surface area contributed by atoms with Crippen LogP contribution in [0.3, 0.4) is 0 Å². The molecule has 0 aromatic heterocycles.